The van der Waals surface area contributed by atoms with Crippen molar-refractivity contribution in [3.8, 4) is 0 Å². The van der Waals surface area contributed by atoms with Crippen LogP contribution in [0.3, 0.4) is 0 Å². The minimum Gasteiger partial charge on any atom is -0.366 e. The molecule has 0 bridgehead atoms. The fraction of sp³-hybridized carbons (Fsp3) is 0.562. The topological polar surface area (TPSA) is 41.6 Å². The number of ether oxygens (including phenoxy) is 1. The number of morpholine rings is 1. The van der Waals surface area contributed by atoms with Crippen molar-refractivity contribution in [1.82, 2.24) is 5.32 Å². The Morgan fingerprint density at radius 2 is 2.10 bits per heavy atom. The van der Waals surface area contributed by atoms with Gasteiger partial charge in [-0.15, -0.1) is 0 Å². The molecule has 4 heteroatoms. The molecule has 0 aromatic heterocycles. The van der Waals surface area contributed by atoms with Crippen molar-refractivity contribution in [2.75, 3.05) is 31.1 Å². The lowest BCUT2D eigenvalue weighted by atomic mass is 9.92. The van der Waals surface area contributed by atoms with Gasteiger partial charge in [0.2, 0.25) is 0 Å². The van der Waals surface area contributed by atoms with E-state index in [9.17, 15) is 4.79 Å². The van der Waals surface area contributed by atoms with Gasteiger partial charge in [-0.3, -0.25) is 4.79 Å². The zero-order valence-electron chi connectivity index (χ0n) is 12.0. The smallest absolute Gasteiger partial charge is 0.253 e. The first-order valence-electron chi connectivity index (χ1n) is 7.43. The van der Waals surface area contributed by atoms with Crippen LogP contribution in [0.1, 0.15) is 18.4 Å². The largest absolute Gasteiger partial charge is 0.366 e. The van der Waals surface area contributed by atoms with Crippen molar-refractivity contribution >= 4 is 11.6 Å². The molecule has 2 saturated heterocycles. The standard InChI is InChI=1S/C16H22N2O2/c1-12-4-6-14(7-5-12)18-10-15(20-11-16(18)19)13-3-2-8-17-9-13/h4-7,13,15,17H,2-3,8-11H2,1H3. The lowest BCUT2D eigenvalue weighted by Crippen LogP contribution is -2.52. The molecule has 3 rings (SSSR count). The molecule has 1 aromatic rings. The Morgan fingerprint density at radius 1 is 1.30 bits per heavy atom. The predicted molar refractivity (Wildman–Crippen MR) is 78.9 cm³/mol. The average molecular weight is 274 g/mol. The third-order valence-electron chi connectivity index (χ3n) is 4.29. The zero-order valence-corrected chi connectivity index (χ0v) is 12.0. The van der Waals surface area contributed by atoms with E-state index in [4.69, 9.17) is 4.74 Å². The van der Waals surface area contributed by atoms with Gasteiger partial charge in [0.25, 0.3) is 5.91 Å². The van der Waals surface area contributed by atoms with Crippen LogP contribution in [0, 0.1) is 12.8 Å². The number of aryl methyl sites for hydroxylation is 1. The van der Waals surface area contributed by atoms with Gasteiger partial charge in [-0.1, -0.05) is 17.7 Å². The fourth-order valence-corrected chi connectivity index (χ4v) is 3.05. The predicted octanol–water partition coefficient (Wildman–Crippen LogP) is 1.73. The summed E-state index contributed by atoms with van der Waals surface area (Å²) in [6, 6.07) is 8.15. The van der Waals surface area contributed by atoms with E-state index in [1.807, 2.05) is 17.0 Å². The van der Waals surface area contributed by atoms with Crippen LogP contribution in [0.2, 0.25) is 0 Å². The second kappa shape index (κ2) is 5.94. The first-order valence-corrected chi connectivity index (χ1v) is 7.43. The maximum Gasteiger partial charge on any atom is 0.253 e. The summed E-state index contributed by atoms with van der Waals surface area (Å²) in [5.74, 6) is 0.582. The Bertz CT molecular complexity index is 466. The normalized spacial score (nSPS) is 27.6. The Labute approximate surface area is 120 Å². The molecule has 2 atom stereocenters. The summed E-state index contributed by atoms with van der Waals surface area (Å²) in [4.78, 5) is 14.0. The molecule has 0 spiro atoms. The summed E-state index contributed by atoms with van der Waals surface area (Å²) >= 11 is 0. The van der Waals surface area contributed by atoms with Crippen molar-refractivity contribution in [1.29, 1.82) is 0 Å². The van der Waals surface area contributed by atoms with Crippen LogP contribution in [-0.4, -0.2) is 38.3 Å². The number of rotatable bonds is 2. The van der Waals surface area contributed by atoms with E-state index >= 15 is 0 Å². The second-order valence-corrected chi connectivity index (χ2v) is 5.80. The highest BCUT2D eigenvalue weighted by molar-refractivity contribution is 5.95. The number of amides is 1. The van der Waals surface area contributed by atoms with Gasteiger partial charge in [0.05, 0.1) is 12.6 Å². The highest BCUT2D eigenvalue weighted by Crippen LogP contribution is 2.25. The second-order valence-electron chi connectivity index (χ2n) is 5.80. The molecule has 2 unspecified atom stereocenters. The SMILES string of the molecule is Cc1ccc(N2CC(C3CCCNC3)OCC2=O)cc1. The number of nitrogens with one attached hydrogen (secondary N) is 1. The summed E-state index contributed by atoms with van der Waals surface area (Å²) in [5.41, 5.74) is 2.19. The first kappa shape index (κ1) is 13.6. The molecule has 2 fully saturated rings. The molecule has 2 aliphatic heterocycles. The van der Waals surface area contributed by atoms with Crippen molar-refractivity contribution in [2.24, 2.45) is 5.92 Å². The Balaban J connectivity index is 1.72. The van der Waals surface area contributed by atoms with Crippen molar-refractivity contribution in [2.45, 2.75) is 25.9 Å². The summed E-state index contributed by atoms with van der Waals surface area (Å²) in [7, 11) is 0. The molecule has 108 valence electrons. The number of benzene rings is 1. The van der Waals surface area contributed by atoms with Crippen LogP contribution in [0.15, 0.2) is 24.3 Å². The Hall–Kier alpha value is -1.39. The van der Waals surface area contributed by atoms with Gasteiger partial charge in [-0.25, -0.2) is 0 Å². The molecule has 1 amide bonds. The maximum absolute atomic E-state index is 12.1. The van der Waals surface area contributed by atoms with Gasteiger partial charge in [-0.05, 0) is 44.4 Å². The van der Waals surface area contributed by atoms with Gasteiger partial charge in [0.15, 0.2) is 0 Å². The van der Waals surface area contributed by atoms with Crippen LogP contribution in [-0.2, 0) is 9.53 Å². The van der Waals surface area contributed by atoms with E-state index in [2.05, 4.69) is 24.4 Å². The molecule has 1 N–H and O–H groups in total. The first-order chi connectivity index (χ1) is 9.74. The lowest BCUT2D eigenvalue weighted by molar-refractivity contribution is -0.131. The van der Waals surface area contributed by atoms with Gasteiger partial charge < -0.3 is 15.0 Å². The lowest BCUT2D eigenvalue weighted by Gasteiger charge is -2.38. The van der Waals surface area contributed by atoms with E-state index in [-0.39, 0.29) is 18.6 Å². The molecule has 2 heterocycles. The number of hydrogen-bond donors (Lipinski definition) is 1. The zero-order chi connectivity index (χ0) is 13.9. The van der Waals surface area contributed by atoms with Gasteiger partial charge in [0, 0.05) is 12.2 Å². The highest BCUT2D eigenvalue weighted by Gasteiger charge is 2.33. The van der Waals surface area contributed by atoms with E-state index in [0.29, 0.717) is 12.5 Å². The number of anilines is 1. The van der Waals surface area contributed by atoms with Gasteiger partial charge in [0.1, 0.15) is 6.61 Å². The van der Waals surface area contributed by atoms with E-state index in [1.54, 1.807) is 0 Å². The van der Waals surface area contributed by atoms with Crippen LogP contribution in [0.5, 0.6) is 0 Å². The van der Waals surface area contributed by atoms with Gasteiger partial charge >= 0.3 is 0 Å². The fourth-order valence-electron chi connectivity index (χ4n) is 3.05. The maximum atomic E-state index is 12.1. The molecular weight excluding hydrogens is 252 g/mol. The number of piperidine rings is 1. The van der Waals surface area contributed by atoms with E-state index < -0.39 is 0 Å². The van der Waals surface area contributed by atoms with E-state index in [1.165, 1.54) is 18.4 Å². The summed E-state index contributed by atoms with van der Waals surface area (Å²) in [6.07, 6.45) is 2.54. The molecule has 0 saturated carbocycles. The summed E-state index contributed by atoms with van der Waals surface area (Å²) < 4.78 is 5.77. The molecule has 4 nitrogen and oxygen atoms in total. The molecule has 2 aliphatic rings. The van der Waals surface area contributed by atoms with Crippen molar-refractivity contribution in [3.63, 3.8) is 0 Å². The Kier molecular flexibility index (Phi) is 4.03. The highest BCUT2D eigenvalue weighted by atomic mass is 16.5. The molecule has 0 aliphatic carbocycles. The molecular formula is C16H22N2O2. The van der Waals surface area contributed by atoms with Crippen LogP contribution in [0.25, 0.3) is 0 Å². The van der Waals surface area contributed by atoms with Crippen LogP contribution >= 0.6 is 0 Å². The van der Waals surface area contributed by atoms with E-state index in [0.717, 1.165) is 18.8 Å². The molecule has 0 radical (unpaired) electrons. The minimum absolute atomic E-state index is 0.0638. The number of nitrogens with zero attached hydrogens (tertiary/aromatic N) is 1. The number of carbonyl (C=O) groups is 1. The third-order valence-corrected chi connectivity index (χ3v) is 4.29. The van der Waals surface area contributed by atoms with Gasteiger partial charge in [-0.2, -0.15) is 0 Å². The van der Waals surface area contributed by atoms with Crippen LogP contribution in [0.4, 0.5) is 5.69 Å². The third kappa shape index (κ3) is 2.86. The quantitative estimate of drug-likeness (QED) is 0.893. The summed E-state index contributed by atoms with van der Waals surface area (Å²) in [5, 5.41) is 3.42. The molecule has 20 heavy (non-hydrogen) atoms. The minimum atomic E-state index is 0.0638. The number of carbonyl (C=O) groups excluding carboxylic acids is 1. The number of hydrogen-bond acceptors (Lipinski definition) is 3. The van der Waals surface area contributed by atoms with Crippen molar-refractivity contribution in [3.05, 3.63) is 29.8 Å². The molecule has 1 aromatic carbocycles. The Morgan fingerprint density at radius 3 is 2.80 bits per heavy atom. The summed E-state index contributed by atoms with van der Waals surface area (Å²) in [6.45, 7) is 5.04. The average Bonchev–Trinajstić information content (AvgIpc) is 2.50. The van der Waals surface area contributed by atoms with Crippen molar-refractivity contribution < 1.29 is 9.53 Å². The monoisotopic (exact) mass is 274 g/mol. The van der Waals surface area contributed by atoms with Crippen LogP contribution < -0.4 is 10.2 Å².